The van der Waals surface area contributed by atoms with Crippen LogP contribution < -0.4 is 11.1 Å². The van der Waals surface area contributed by atoms with Crippen molar-refractivity contribution in [3.8, 4) is 0 Å². The first-order chi connectivity index (χ1) is 7.88. The van der Waals surface area contributed by atoms with Crippen molar-refractivity contribution in [3.05, 3.63) is 17.8 Å². The molecule has 5 heteroatoms. The molecule has 1 heterocycles. The number of aromatic nitrogens is 1. The molecule has 96 valence electrons. The molecule has 0 spiro atoms. The molecule has 3 N–H and O–H groups in total. The molecule has 0 aliphatic heterocycles. The van der Waals surface area contributed by atoms with Gasteiger partial charge in [0.15, 0.2) is 6.39 Å². The van der Waals surface area contributed by atoms with Crippen LogP contribution in [0.5, 0.6) is 0 Å². The van der Waals surface area contributed by atoms with Crippen LogP contribution in [0.4, 0.5) is 0 Å². The number of nitrogens with zero attached hydrogens (tertiary/aromatic N) is 1. The van der Waals surface area contributed by atoms with Gasteiger partial charge in [0.05, 0.1) is 11.2 Å². The van der Waals surface area contributed by atoms with Gasteiger partial charge < -0.3 is 15.5 Å². The minimum absolute atomic E-state index is 0.256. The summed E-state index contributed by atoms with van der Waals surface area (Å²) in [6, 6.07) is 0. The molecule has 1 amide bonds. The van der Waals surface area contributed by atoms with Gasteiger partial charge in [-0.15, -0.1) is 0 Å². The molecule has 0 saturated heterocycles. The van der Waals surface area contributed by atoms with E-state index in [-0.39, 0.29) is 11.7 Å². The lowest BCUT2D eigenvalue weighted by Gasteiger charge is -2.30. The Morgan fingerprint density at radius 1 is 1.65 bits per heavy atom. The monoisotopic (exact) mass is 239 g/mol. The second kappa shape index (κ2) is 5.31. The third-order valence-electron chi connectivity index (χ3n) is 2.68. The number of carbonyl (C=O) groups excluding carboxylic acids is 1. The molecule has 0 fully saturated rings. The fraction of sp³-hybridized carbons (Fsp3) is 0.667. The first-order valence-corrected chi connectivity index (χ1v) is 5.80. The number of carbonyl (C=O) groups is 1. The molecule has 0 bridgehead atoms. The van der Waals surface area contributed by atoms with Crippen LogP contribution >= 0.6 is 0 Å². The summed E-state index contributed by atoms with van der Waals surface area (Å²) in [5.41, 5.74) is 5.91. The molecule has 1 unspecified atom stereocenters. The van der Waals surface area contributed by atoms with Crippen molar-refractivity contribution in [2.45, 2.75) is 39.7 Å². The average molecular weight is 239 g/mol. The van der Waals surface area contributed by atoms with E-state index in [1.54, 1.807) is 6.92 Å². The van der Waals surface area contributed by atoms with Crippen LogP contribution in [0.1, 0.15) is 43.4 Å². The van der Waals surface area contributed by atoms with Crippen molar-refractivity contribution in [1.82, 2.24) is 10.3 Å². The standard InChI is InChI=1S/C12H21N3O2/c1-8(2)5-12(4,6-13)15-11(16)10-9(3)14-7-17-10/h7-8H,5-6,13H2,1-4H3,(H,15,16). The summed E-state index contributed by atoms with van der Waals surface area (Å²) >= 11 is 0. The molecule has 1 aromatic heterocycles. The van der Waals surface area contributed by atoms with Gasteiger partial charge in [0.2, 0.25) is 5.76 Å². The van der Waals surface area contributed by atoms with E-state index in [4.69, 9.17) is 10.2 Å². The van der Waals surface area contributed by atoms with Crippen LogP contribution in [0, 0.1) is 12.8 Å². The Bertz CT molecular complexity index is 387. The Hall–Kier alpha value is -1.36. The molecule has 0 saturated carbocycles. The zero-order valence-corrected chi connectivity index (χ0v) is 10.9. The summed E-state index contributed by atoms with van der Waals surface area (Å²) in [6.45, 7) is 8.26. The van der Waals surface area contributed by atoms with Crippen LogP contribution in [-0.2, 0) is 0 Å². The van der Waals surface area contributed by atoms with Crippen LogP contribution in [0.15, 0.2) is 10.8 Å². The van der Waals surface area contributed by atoms with Crippen molar-refractivity contribution < 1.29 is 9.21 Å². The molecule has 0 aromatic carbocycles. The van der Waals surface area contributed by atoms with Gasteiger partial charge in [-0.1, -0.05) is 13.8 Å². The van der Waals surface area contributed by atoms with Gasteiger partial charge in [-0.2, -0.15) is 0 Å². The average Bonchev–Trinajstić information content (AvgIpc) is 2.63. The lowest BCUT2D eigenvalue weighted by atomic mass is 9.90. The van der Waals surface area contributed by atoms with Crippen molar-refractivity contribution in [2.24, 2.45) is 11.7 Å². The second-order valence-corrected chi connectivity index (χ2v) is 5.08. The largest absolute Gasteiger partial charge is 0.438 e. The summed E-state index contributed by atoms with van der Waals surface area (Å²) in [7, 11) is 0. The van der Waals surface area contributed by atoms with E-state index in [0.29, 0.717) is 18.2 Å². The SMILES string of the molecule is Cc1ncoc1C(=O)NC(C)(CN)CC(C)C. The number of amides is 1. The predicted molar refractivity (Wildman–Crippen MR) is 65.6 cm³/mol. The molecule has 0 radical (unpaired) electrons. The highest BCUT2D eigenvalue weighted by Gasteiger charge is 2.28. The van der Waals surface area contributed by atoms with E-state index in [0.717, 1.165) is 6.42 Å². The number of hydrogen-bond acceptors (Lipinski definition) is 4. The molecule has 5 nitrogen and oxygen atoms in total. The van der Waals surface area contributed by atoms with Gasteiger partial charge in [-0.3, -0.25) is 4.79 Å². The fourth-order valence-corrected chi connectivity index (χ4v) is 1.94. The van der Waals surface area contributed by atoms with E-state index in [1.807, 2.05) is 6.92 Å². The second-order valence-electron chi connectivity index (χ2n) is 5.08. The minimum atomic E-state index is -0.412. The first-order valence-electron chi connectivity index (χ1n) is 5.80. The van der Waals surface area contributed by atoms with E-state index in [9.17, 15) is 4.79 Å². The maximum Gasteiger partial charge on any atom is 0.289 e. The Morgan fingerprint density at radius 3 is 2.71 bits per heavy atom. The third kappa shape index (κ3) is 3.56. The van der Waals surface area contributed by atoms with Crippen LogP contribution in [0.25, 0.3) is 0 Å². The van der Waals surface area contributed by atoms with E-state index in [2.05, 4.69) is 24.1 Å². The molecule has 0 aliphatic rings. The topological polar surface area (TPSA) is 81.2 Å². The van der Waals surface area contributed by atoms with Crippen molar-refractivity contribution in [3.63, 3.8) is 0 Å². The van der Waals surface area contributed by atoms with Crippen LogP contribution in [-0.4, -0.2) is 23.0 Å². The van der Waals surface area contributed by atoms with Crippen molar-refractivity contribution in [2.75, 3.05) is 6.54 Å². The smallest absolute Gasteiger partial charge is 0.289 e. The van der Waals surface area contributed by atoms with E-state index in [1.165, 1.54) is 6.39 Å². The Labute approximate surface area is 102 Å². The number of hydrogen-bond donors (Lipinski definition) is 2. The molecule has 1 aromatic rings. The summed E-state index contributed by atoms with van der Waals surface area (Å²) in [5.74, 6) is 0.460. The Balaban J connectivity index is 2.75. The highest BCUT2D eigenvalue weighted by molar-refractivity contribution is 5.92. The summed E-state index contributed by atoms with van der Waals surface area (Å²) in [5, 5.41) is 2.92. The maximum atomic E-state index is 12.0. The predicted octanol–water partition coefficient (Wildman–Crippen LogP) is 1.48. The molecule has 1 rings (SSSR count). The Kier molecular flexibility index (Phi) is 4.28. The number of oxazole rings is 1. The molecule has 17 heavy (non-hydrogen) atoms. The maximum absolute atomic E-state index is 12.0. The third-order valence-corrected chi connectivity index (χ3v) is 2.68. The van der Waals surface area contributed by atoms with Crippen molar-refractivity contribution >= 4 is 5.91 Å². The lowest BCUT2D eigenvalue weighted by molar-refractivity contribution is 0.0868. The van der Waals surface area contributed by atoms with Gasteiger partial charge in [-0.25, -0.2) is 4.98 Å². The molecular weight excluding hydrogens is 218 g/mol. The minimum Gasteiger partial charge on any atom is -0.438 e. The van der Waals surface area contributed by atoms with Gasteiger partial charge in [-0.05, 0) is 26.2 Å². The molecule has 0 aliphatic carbocycles. The number of nitrogens with one attached hydrogen (secondary N) is 1. The van der Waals surface area contributed by atoms with E-state index >= 15 is 0 Å². The van der Waals surface area contributed by atoms with Crippen molar-refractivity contribution in [1.29, 1.82) is 0 Å². The van der Waals surface area contributed by atoms with Gasteiger partial charge in [0.1, 0.15) is 0 Å². The summed E-state index contributed by atoms with van der Waals surface area (Å²) in [6.07, 6.45) is 2.09. The van der Waals surface area contributed by atoms with Gasteiger partial charge in [0, 0.05) is 6.54 Å². The number of aryl methyl sites for hydroxylation is 1. The number of rotatable bonds is 5. The zero-order chi connectivity index (χ0) is 13.1. The highest BCUT2D eigenvalue weighted by Crippen LogP contribution is 2.16. The number of nitrogens with two attached hydrogens (primary N) is 1. The van der Waals surface area contributed by atoms with Crippen LogP contribution in [0.3, 0.4) is 0 Å². The van der Waals surface area contributed by atoms with E-state index < -0.39 is 5.54 Å². The first kappa shape index (κ1) is 13.7. The fourth-order valence-electron chi connectivity index (χ4n) is 1.94. The van der Waals surface area contributed by atoms with Gasteiger partial charge in [0.25, 0.3) is 5.91 Å². The quantitative estimate of drug-likeness (QED) is 0.815. The molecular formula is C12H21N3O2. The lowest BCUT2D eigenvalue weighted by Crippen LogP contribution is -2.52. The van der Waals surface area contributed by atoms with Gasteiger partial charge >= 0.3 is 0 Å². The molecule has 1 atom stereocenters. The summed E-state index contributed by atoms with van der Waals surface area (Å²) < 4.78 is 5.06. The highest BCUT2D eigenvalue weighted by atomic mass is 16.3. The van der Waals surface area contributed by atoms with Crippen LogP contribution in [0.2, 0.25) is 0 Å². The zero-order valence-electron chi connectivity index (χ0n) is 10.9. The Morgan fingerprint density at radius 2 is 2.29 bits per heavy atom. The normalized spacial score (nSPS) is 14.7. The summed E-state index contributed by atoms with van der Waals surface area (Å²) in [4.78, 5) is 15.9.